The molecule has 1 rings (SSSR count). The first kappa shape index (κ1) is 18.0. The minimum Gasteiger partial charge on any atom is -0.492 e. The number of rotatable bonds is 12. The van der Waals surface area contributed by atoms with Crippen LogP contribution in [0.4, 0.5) is 0 Å². The lowest BCUT2D eigenvalue weighted by atomic mass is 10.1. The maximum Gasteiger partial charge on any atom is 0.119 e. The van der Waals surface area contributed by atoms with Crippen LogP contribution in [0.3, 0.4) is 0 Å². The average Bonchev–Trinajstić information content (AvgIpc) is 2.47. The van der Waals surface area contributed by atoms with E-state index in [2.05, 4.69) is 19.2 Å². The summed E-state index contributed by atoms with van der Waals surface area (Å²) in [6, 6.07) is 9.72. The van der Waals surface area contributed by atoms with Crippen molar-refractivity contribution in [1.82, 2.24) is 5.32 Å². The molecule has 4 heteroatoms. The van der Waals surface area contributed by atoms with Crippen LogP contribution in [-0.2, 0) is 4.74 Å². The predicted molar refractivity (Wildman–Crippen MR) is 85.7 cm³/mol. The molecule has 1 atom stereocenters. The number of para-hydroxylation sites is 1. The molecule has 0 aliphatic heterocycles. The Bertz CT molecular complexity index is 343. The first-order valence-corrected chi connectivity index (χ1v) is 7.83. The standard InChI is InChI=1S/C17H29NO3/c1-15(2)7-6-11-20-14-16(19)13-18-10-12-21-17-8-4-3-5-9-17/h3-5,8-9,15-16,18-19H,6-7,10-14H2,1-2H3. The molecule has 0 spiro atoms. The van der Waals surface area contributed by atoms with E-state index in [1.54, 1.807) is 0 Å². The van der Waals surface area contributed by atoms with Gasteiger partial charge in [-0.1, -0.05) is 32.0 Å². The molecule has 120 valence electrons. The van der Waals surface area contributed by atoms with Gasteiger partial charge in [-0.3, -0.25) is 0 Å². The molecule has 1 aromatic rings. The van der Waals surface area contributed by atoms with Gasteiger partial charge in [0.1, 0.15) is 12.4 Å². The fraction of sp³-hybridized carbons (Fsp3) is 0.647. The lowest BCUT2D eigenvalue weighted by Gasteiger charge is -2.13. The van der Waals surface area contributed by atoms with E-state index in [0.717, 1.165) is 18.8 Å². The van der Waals surface area contributed by atoms with E-state index in [1.165, 1.54) is 6.42 Å². The van der Waals surface area contributed by atoms with Gasteiger partial charge >= 0.3 is 0 Å². The van der Waals surface area contributed by atoms with E-state index in [9.17, 15) is 5.11 Å². The van der Waals surface area contributed by atoms with Gasteiger partial charge in [-0.15, -0.1) is 0 Å². The van der Waals surface area contributed by atoms with E-state index in [0.29, 0.717) is 32.2 Å². The highest BCUT2D eigenvalue weighted by Crippen LogP contribution is 2.07. The van der Waals surface area contributed by atoms with Gasteiger partial charge in [-0.25, -0.2) is 0 Å². The molecule has 0 bridgehead atoms. The number of aliphatic hydroxyl groups excluding tert-OH is 1. The lowest BCUT2D eigenvalue weighted by molar-refractivity contribution is 0.0345. The highest BCUT2D eigenvalue weighted by atomic mass is 16.5. The second-order valence-electron chi connectivity index (χ2n) is 5.63. The lowest BCUT2D eigenvalue weighted by Crippen LogP contribution is -2.33. The van der Waals surface area contributed by atoms with Crippen LogP contribution in [0.5, 0.6) is 5.75 Å². The number of hydrogen-bond donors (Lipinski definition) is 2. The van der Waals surface area contributed by atoms with Gasteiger partial charge in [-0.2, -0.15) is 0 Å². The van der Waals surface area contributed by atoms with Crippen LogP contribution in [0.15, 0.2) is 30.3 Å². The Morgan fingerprint density at radius 2 is 1.90 bits per heavy atom. The first-order valence-electron chi connectivity index (χ1n) is 7.83. The van der Waals surface area contributed by atoms with Crippen LogP contribution in [0, 0.1) is 5.92 Å². The predicted octanol–water partition coefficient (Wildman–Crippen LogP) is 2.47. The van der Waals surface area contributed by atoms with Crippen molar-refractivity contribution in [1.29, 1.82) is 0 Å². The summed E-state index contributed by atoms with van der Waals surface area (Å²) in [4.78, 5) is 0. The molecule has 0 amide bonds. The summed E-state index contributed by atoms with van der Waals surface area (Å²) in [6.07, 6.45) is 1.77. The van der Waals surface area contributed by atoms with Crippen LogP contribution in [0.1, 0.15) is 26.7 Å². The smallest absolute Gasteiger partial charge is 0.119 e. The molecule has 1 aromatic carbocycles. The minimum absolute atomic E-state index is 0.393. The molecule has 0 heterocycles. The van der Waals surface area contributed by atoms with Crippen molar-refractivity contribution in [3.63, 3.8) is 0 Å². The average molecular weight is 295 g/mol. The fourth-order valence-corrected chi connectivity index (χ4v) is 1.90. The van der Waals surface area contributed by atoms with Crippen LogP contribution in [0.25, 0.3) is 0 Å². The largest absolute Gasteiger partial charge is 0.492 e. The summed E-state index contributed by atoms with van der Waals surface area (Å²) in [5.74, 6) is 1.58. The second kappa shape index (κ2) is 11.5. The summed E-state index contributed by atoms with van der Waals surface area (Å²) in [7, 11) is 0. The van der Waals surface area contributed by atoms with Crippen LogP contribution >= 0.6 is 0 Å². The van der Waals surface area contributed by atoms with Crippen molar-refractivity contribution < 1.29 is 14.6 Å². The molecular weight excluding hydrogens is 266 g/mol. The Hall–Kier alpha value is -1.10. The summed E-state index contributed by atoms with van der Waals surface area (Å²) in [5, 5.41) is 12.9. The van der Waals surface area contributed by atoms with Crippen molar-refractivity contribution in [2.24, 2.45) is 5.92 Å². The normalized spacial score (nSPS) is 12.6. The molecule has 0 saturated carbocycles. The fourth-order valence-electron chi connectivity index (χ4n) is 1.90. The second-order valence-corrected chi connectivity index (χ2v) is 5.63. The van der Waals surface area contributed by atoms with Crippen molar-refractivity contribution >= 4 is 0 Å². The third-order valence-electron chi connectivity index (χ3n) is 3.05. The Morgan fingerprint density at radius 1 is 1.14 bits per heavy atom. The van der Waals surface area contributed by atoms with E-state index < -0.39 is 6.10 Å². The Balaban J connectivity index is 1.90. The number of aliphatic hydroxyl groups is 1. The molecule has 0 fully saturated rings. The maximum atomic E-state index is 9.75. The molecule has 2 N–H and O–H groups in total. The van der Waals surface area contributed by atoms with Crippen molar-refractivity contribution in [3.05, 3.63) is 30.3 Å². The van der Waals surface area contributed by atoms with Gasteiger partial charge in [0, 0.05) is 19.7 Å². The molecule has 0 radical (unpaired) electrons. The van der Waals surface area contributed by atoms with E-state index >= 15 is 0 Å². The monoisotopic (exact) mass is 295 g/mol. The Kier molecular flexibility index (Phi) is 9.87. The summed E-state index contributed by atoms with van der Waals surface area (Å²) >= 11 is 0. The number of hydrogen-bond acceptors (Lipinski definition) is 4. The van der Waals surface area contributed by atoms with Crippen LogP contribution in [0.2, 0.25) is 0 Å². The zero-order chi connectivity index (χ0) is 15.3. The molecule has 4 nitrogen and oxygen atoms in total. The van der Waals surface area contributed by atoms with Crippen LogP contribution in [-0.4, -0.2) is 44.1 Å². The highest BCUT2D eigenvalue weighted by molar-refractivity contribution is 5.20. The van der Waals surface area contributed by atoms with E-state index in [1.807, 2.05) is 30.3 Å². The molecule has 0 aromatic heterocycles. The summed E-state index contributed by atoms with van der Waals surface area (Å²) in [5.41, 5.74) is 0. The topological polar surface area (TPSA) is 50.7 Å². The quantitative estimate of drug-likeness (QED) is 0.582. The zero-order valence-corrected chi connectivity index (χ0v) is 13.3. The molecule has 21 heavy (non-hydrogen) atoms. The summed E-state index contributed by atoms with van der Waals surface area (Å²) in [6.45, 7) is 7.36. The summed E-state index contributed by atoms with van der Waals surface area (Å²) < 4.78 is 11.0. The van der Waals surface area contributed by atoms with Gasteiger partial charge in [0.2, 0.25) is 0 Å². The highest BCUT2D eigenvalue weighted by Gasteiger charge is 2.03. The number of benzene rings is 1. The molecule has 0 saturated heterocycles. The van der Waals surface area contributed by atoms with Gasteiger partial charge < -0.3 is 19.9 Å². The molecular formula is C17H29NO3. The zero-order valence-electron chi connectivity index (χ0n) is 13.3. The van der Waals surface area contributed by atoms with Gasteiger partial charge in [0.15, 0.2) is 0 Å². The third-order valence-corrected chi connectivity index (χ3v) is 3.05. The Morgan fingerprint density at radius 3 is 2.62 bits per heavy atom. The number of nitrogens with one attached hydrogen (secondary N) is 1. The minimum atomic E-state index is -0.458. The Labute approximate surface area is 128 Å². The first-order chi connectivity index (χ1) is 10.2. The van der Waals surface area contributed by atoms with E-state index in [-0.39, 0.29) is 0 Å². The van der Waals surface area contributed by atoms with Gasteiger partial charge in [0.05, 0.1) is 12.7 Å². The maximum absolute atomic E-state index is 9.75. The third kappa shape index (κ3) is 10.3. The van der Waals surface area contributed by atoms with Crippen molar-refractivity contribution in [2.45, 2.75) is 32.8 Å². The number of ether oxygens (including phenoxy) is 2. The van der Waals surface area contributed by atoms with Crippen molar-refractivity contribution in [2.75, 3.05) is 32.9 Å². The van der Waals surface area contributed by atoms with Gasteiger partial charge in [0.25, 0.3) is 0 Å². The molecule has 1 unspecified atom stereocenters. The van der Waals surface area contributed by atoms with Gasteiger partial charge in [-0.05, 0) is 30.9 Å². The van der Waals surface area contributed by atoms with E-state index in [4.69, 9.17) is 9.47 Å². The van der Waals surface area contributed by atoms with Crippen molar-refractivity contribution in [3.8, 4) is 5.75 Å². The molecule has 0 aliphatic rings. The molecule has 0 aliphatic carbocycles. The van der Waals surface area contributed by atoms with Crippen LogP contribution < -0.4 is 10.1 Å². The SMILES string of the molecule is CC(C)CCCOCC(O)CNCCOc1ccccc1.